The van der Waals surface area contributed by atoms with E-state index in [4.69, 9.17) is 0 Å². The van der Waals surface area contributed by atoms with Crippen molar-refractivity contribution in [2.24, 2.45) is 5.92 Å². The first-order valence-electron chi connectivity index (χ1n) is 13.2. The zero-order valence-corrected chi connectivity index (χ0v) is 22.1. The van der Waals surface area contributed by atoms with Gasteiger partial charge in [0, 0.05) is 15.7 Å². The van der Waals surface area contributed by atoms with Crippen molar-refractivity contribution in [1.82, 2.24) is 0 Å². The second kappa shape index (κ2) is 7.94. The molecule has 0 radical (unpaired) electrons. The molecule has 1 spiro atoms. The summed E-state index contributed by atoms with van der Waals surface area (Å²) >= 11 is 3.98. The van der Waals surface area contributed by atoms with Crippen LogP contribution in [0.15, 0.2) is 131 Å². The van der Waals surface area contributed by atoms with E-state index in [0.717, 1.165) is 6.42 Å². The molecule has 0 aromatic heterocycles. The molecule has 0 bridgehead atoms. The Morgan fingerprint density at radius 2 is 1.41 bits per heavy atom. The number of hydrogen-bond acceptors (Lipinski definition) is 1. The van der Waals surface area contributed by atoms with Gasteiger partial charge in [0.05, 0.1) is 16.8 Å². The normalized spacial score (nSPS) is 20.1. The van der Waals surface area contributed by atoms with Gasteiger partial charge >= 0.3 is 0 Å². The van der Waals surface area contributed by atoms with E-state index in [2.05, 4.69) is 136 Å². The Morgan fingerprint density at radius 3 is 2.16 bits per heavy atom. The van der Waals surface area contributed by atoms with Crippen LogP contribution in [0.25, 0.3) is 5.57 Å². The lowest BCUT2D eigenvalue weighted by atomic mass is 9.61. The lowest BCUT2D eigenvalue weighted by molar-refractivity contribution is 0.523. The van der Waals surface area contributed by atoms with E-state index < -0.39 is 0 Å². The third-order valence-electron chi connectivity index (χ3n) is 8.80. The van der Waals surface area contributed by atoms with Crippen molar-refractivity contribution in [2.75, 3.05) is 4.90 Å². The number of halogens is 1. The van der Waals surface area contributed by atoms with E-state index >= 15 is 0 Å². The Balaban J connectivity index is 1.52. The van der Waals surface area contributed by atoms with Gasteiger partial charge in [0.2, 0.25) is 0 Å². The summed E-state index contributed by atoms with van der Waals surface area (Å²) in [6.07, 6.45) is 10.7. The highest BCUT2D eigenvalue weighted by atomic mass is 79.9. The van der Waals surface area contributed by atoms with Gasteiger partial charge in [-0.1, -0.05) is 101 Å². The predicted octanol–water partition coefficient (Wildman–Crippen LogP) is 9.63. The predicted molar refractivity (Wildman–Crippen MR) is 157 cm³/mol. The number of allylic oxidation sites excluding steroid dienone is 6. The number of rotatable bonds is 1. The van der Waals surface area contributed by atoms with Crippen LogP contribution in [0.4, 0.5) is 17.1 Å². The molecule has 2 heteroatoms. The van der Waals surface area contributed by atoms with Gasteiger partial charge < -0.3 is 4.90 Å². The highest BCUT2D eigenvalue weighted by Crippen LogP contribution is 2.65. The third kappa shape index (κ3) is 2.80. The average molecular weight is 541 g/mol. The van der Waals surface area contributed by atoms with Crippen molar-refractivity contribution < 1.29 is 0 Å². The molecule has 1 nitrogen and oxygen atoms in total. The zero-order chi connectivity index (χ0) is 24.6. The molecular weight excluding hydrogens is 514 g/mol. The Morgan fingerprint density at radius 1 is 0.730 bits per heavy atom. The molecule has 1 atom stereocenters. The van der Waals surface area contributed by atoms with Crippen molar-refractivity contribution >= 4 is 38.6 Å². The average Bonchev–Trinajstić information content (AvgIpc) is 3.23. The summed E-state index contributed by atoms with van der Waals surface area (Å²) in [5.74, 6) is 0.584. The molecule has 1 aliphatic heterocycles. The van der Waals surface area contributed by atoms with Crippen LogP contribution in [0.3, 0.4) is 0 Å². The van der Waals surface area contributed by atoms with E-state index in [1.165, 1.54) is 67.8 Å². The van der Waals surface area contributed by atoms with Crippen LogP contribution in [0.2, 0.25) is 0 Å². The highest BCUT2D eigenvalue weighted by molar-refractivity contribution is 9.10. The van der Waals surface area contributed by atoms with Crippen molar-refractivity contribution in [3.63, 3.8) is 0 Å². The van der Waals surface area contributed by atoms with Crippen molar-refractivity contribution in [3.05, 3.63) is 153 Å². The van der Waals surface area contributed by atoms with E-state index in [0.29, 0.717) is 5.92 Å². The molecule has 178 valence electrons. The summed E-state index contributed by atoms with van der Waals surface area (Å²) in [4.78, 5) is 2.46. The van der Waals surface area contributed by atoms with E-state index in [1.54, 1.807) is 5.57 Å². The summed E-state index contributed by atoms with van der Waals surface area (Å²) in [6, 6.07) is 35.8. The summed E-state index contributed by atoms with van der Waals surface area (Å²) < 4.78 is 1.19. The SMILES string of the molecule is Brc1cccc2c1C1=C(CC3CCC=CC3=C1)C21c2ccccc2N(c2ccccc2)c2ccccc21. The quantitative estimate of drug-likeness (QED) is 0.232. The first-order valence-corrected chi connectivity index (χ1v) is 14.0. The second-order valence-electron chi connectivity index (χ2n) is 10.5. The van der Waals surface area contributed by atoms with Crippen LogP contribution >= 0.6 is 15.9 Å². The Kier molecular flexibility index (Phi) is 4.60. The molecule has 0 fully saturated rings. The summed E-state index contributed by atoms with van der Waals surface area (Å²) in [5.41, 5.74) is 13.4. The van der Waals surface area contributed by atoms with E-state index in [9.17, 15) is 0 Å². The maximum Gasteiger partial charge on any atom is 0.0718 e. The van der Waals surface area contributed by atoms with Gasteiger partial charge in [-0.2, -0.15) is 0 Å². The van der Waals surface area contributed by atoms with E-state index in [-0.39, 0.29) is 5.41 Å². The molecule has 1 unspecified atom stereocenters. The van der Waals surface area contributed by atoms with Crippen LogP contribution in [0.1, 0.15) is 41.5 Å². The molecule has 4 aromatic carbocycles. The smallest absolute Gasteiger partial charge is 0.0718 e. The number of hydrogen-bond donors (Lipinski definition) is 0. The van der Waals surface area contributed by atoms with Gasteiger partial charge in [-0.15, -0.1) is 0 Å². The Bertz CT molecular complexity index is 1630. The number of para-hydroxylation sites is 3. The maximum absolute atomic E-state index is 3.98. The van der Waals surface area contributed by atoms with Gasteiger partial charge in [-0.25, -0.2) is 0 Å². The minimum absolute atomic E-state index is 0.309. The summed E-state index contributed by atoms with van der Waals surface area (Å²) in [7, 11) is 0. The monoisotopic (exact) mass is 539 g/mol. The molecule has 0 N–H and O–H groups in total. The maximum atomic E-state index is 3.98. The molecule has 4 aromatic rings. The van der Waals surface area contributed by atoms with Gasteiger partial charge in [-0.05, 0) is 88.9 Å². The lowest BCUT2D eigenvalue weighted by Gasteiger charge is -2.47. The van der Waals surface area contributed by atoms with Gasteiger partial charge in [-0.3, -0.25) is 0 Å². The van der Waals surface area contributed by atoms with Crippen molar-refractivity contribution in [1.29, 1.82) is 0 Å². The summed E-state index contributed by atoms with van der Waals surface area (Å²) in [6.45, 7) is 0. The van der Waals surface area contributed by atoms with Crippen LogP contribution in [0.5, 0.6) is 0 Å². The van der Waals surface area contributed by atoms with Gasteiger partial charge in [0.15, 0.2) is 0 Å². The zero-order valence-electron chi connectivity index (χ0n) is 20.5. The third-order valence-corrected chi connectivity index (χ3v) is 9.46. The second-order valence-corrected chi connectivity index (χ2v) is 11.4. The summed E-state index contributed by atoms with van der Waals surface area (Å²) in [5, 5.41) is 0. The van der Waals surface area contributed by atoms with Crippen LogP contribution in [0, 0.1) is 5.92 Å². The Labute approximate surface area is 226 Å². The fourth-order valence-electron chi connectivity index (χ4n) is 7.38. The molecule has 0 saturated heterocycles. The number of fused-ring (bicyclic) bond motifs is 9. The fraction of sp³-hybridized carbons (Fsp3) is 0.143. The van der Waals surface area contributed by atoms with Crippen LogP contribution in [-0.2, 0) is 5.41 Å². The van der Waals surface area contributed by atoms with Gasteiger partial charge in [0.1, 0.15) is 0 Å². The first-order chi connectivity index (χ1) is 18.3. The standard InChI is InChI=1S/C35H26BrN/c36-31-18-10-17-29-34(31)26-21-23-11-4-5-12-24(23)22-30(26)35(29)27-15-6-8-19-32(27)37(25-13-2-1-3-14-25)33-20-9-7-16-28(33)35/h1-4,6-11,13-21,24H,5,12,22H2. The number of anilines is 3. The minimum atomic E-state index is -0.309. The highest BCUT2D eigenvalue weighted by Gasteiger charge is 2.54. The first kappa shape index (κ1) is 21.5. The van der Waals surface area contributed by atoms with Crippen molar-refractivity contribution in [2.45, 2.75) is 24.7 Å². The van der Waals surface area contributed by atoms with E-state index in [1.807, 2.05) is 0 Å². The number of nitrogens with zero attached hydrogens (tertiary/aromatic N) is 1. The van der Waals surface area contributed by atoms with Gasteiger partial charge in [0.25, 0.3) is 0 Å². The fourth-order valence-corrected chi connectivity index (χ4v) is 7.96. The molecule has 4 aliphatic rings. The van der Waals surface area contributed by atoms with Crippen LogP contribution in [-0.4, -0.2) is 0 Å². The van der Waals surface area contributed by atoms with Crippen LogP contribution < -0.4 is 4.90 Å². The molecule has 0 saturated carbocycles. The molecule has 0 amide bonds. The molecule has 37 heavy (non-hydrogen) atoms. The lowest BCUT2D eigenvalue weighted by Crippen LogP contribution is -2.38. The largest absolute Gasteiger partial charge is 0.310 e. The molecule has 8 rings (SSSR count). The number of benzene rings is 4. The topological polar surface area (TPSA) is 3.24 Å². The van der Waals surface area contributed by atoms with Crippen molar-refractivity contribution in [3.8, 4) is 0 Å². The molecule has 3 aliphatic carbocycles. The molecule has 1 heterocycles. The minimum Gasteiger partial charge on any atom is -0.310 e. The Hall–Kier alpha value is -3.62. The molecular formula is C35H26BrN.